The first-order valence-electron chi connectivity index (χ1n) is 8.47. The van der Waals surface area contributed by atoms with E-state index in [1.54, 1.807) is 6.07 Å². The van der Waals surface area contributed by atoms with Gasteiger partial charge in [-0.1, -0.05) is 36.4 Å². The number of aryl methyl sites for hydroxylation is 1. The molecule has 122 valence electrons. The van der Waals surface area contributed by atoms with E-state index in [9.17, 15) is 9.50 Å². The van der Waals surface area contributed by atoms with Crippen LogP contribution in [0, 0.1) is 5.82 Å². The van der Waals surface area contributed by atoms with Gasteiger partial charge in [-0.3, -0.25) is 0 Å². The van der Waals surface area contributed by atoms with E-state index in [2.05, 4.69) is 35.2 Å². The number of benzene rings is 2. The molecule has 0 radical (unpaired) electrons. The van der Waals surface area contributed by atoms with E-state index in [0.29, 0.717) is 5.92 Å². The number of likely N-dealkylation sites (tertiary alicyclic amines) is 1. The lowest BCUT2D eigenvalue weighted by Gasteiger charge is -2.33. The number of hydrogen-bond acceptors (Lipinski definition) is 2. The summed E-state index contributed by atoms with van der Waals surface area (Å²) in [6.07, 6.45) is 4.54. The monoisotopic (exact) mass is 313 g/mol. The first kappa shape index (κ1) is 16.0. The van der Waals surface area contributed by atoms with E-state index in [4.69, 9.17) is 0 Å². The third-order valence-electron chi connectivity index (χ3n) is 4.73. The molecule has 1 atom stereocenters. The molecule has 1 N–H and O–H groups in total. The fourth-order valence-corrected chi connectivity index (χ4v) is 3.47. The summed E-state index contributed by atoms with van der Waals surface area (Å²) in [6.45, 7) is 3.23. The third kappa shape index (κ3) is 4.32. The number of piperidine rings is 1. The molecular weight excluding hydrogens is 289 g/mol. The standard InChI is InChI=1S/C20H24FNO/c21-19-11-10-17(14-20(19)23)18-9-5-13-22(15-18)12-4-8-16-6-2-1-3-7-16/h1-3,6-7,10-11,14,18,23H,4-5,8-9,12-13,15H2. The Morgan fingerprint density at radius 3 is 2.74 bits per heavy atom. The topological polar surface area (TPSA) is 23.5 Å². The van der Waals surface area contributed by atoms with E-state index in [-0.39, 0.29) is 5.75 Å². The van der Waals surface area contributed by atoms with Crippen molar-refractivity contribution in [2.75, 3.05) is 19.6 Å². The molecule has 0 aromatic heterocycles. The Labute approximate surface area is 137 Å². The fraction of sp³-hybridized carbons (Fsp3) is 0.400. The van der Waals surface area contributed by atoms with Gasteiger partial charge in [0, 0.05) is 6.54 Å². The quantitative estimate of drug-likeness (QED) is 0.887. The van der Waals surface area contributed by atoms with Crippen LogP contribution in [0.3, 0.4) is 0 Å². The van der Waals surface area contributed by atoms with Gasteiger partial charge in [-0.05, 0) is 68.0 Å². The highest BCUT2D eigenvalue weighted by atomic mass is 19.1. The fourth-order valence-electron chi connectivity index (χ4n) is 3.47. The molecule has 0 amide bonds. The molecule has 1 fully saturated rings. The molecule has 3 rings (SSSR count). The molecule has 1 unspecified atom stereocenters. The van der Waals surface area contributed by atoms with Crippen molar-refractivity contribution in [1.29, 1.82) is 0 Å². The highest BCUT2D eigenvalue weighted by Crippen LogP contribution is 2.30. The number of phenolic OH excluding ortho intramolecular Hbond substituents is 1. The maximum absolute atomic E-state index is 13.2. The van der Waals surface area contributed by atoms with Gasteiger partial charge < -0.3 is 10.0 Å². The van der Waals surface area contributed by atoms with Crippen LogP contribution in [0.4, 0.5) is 4.39 Å². The van der Waals surface area contributed by atoms with Crippen molar-refractivity contribution in [3.63, 3.8) is 0 Å². The van der Waals surface area contributed by atoms with Crippen molar-refractivity contribution in [1.82, 2.24) is 4.90 Å². The Balaban J connectivity index is 1.52. The lowest BCUT2D eigenvalue weighted by atomic mass is 9.90. The molecule has 1 saturated heterocycles. The minimum Gasteiger partial charge on any atom is -0.505 e. The smallest absolute Gasteiger partial charge is 0.164 e. The van der Waals surface area contributed by atoms with Crippen molar-refractivity contribution in [2.24, 2.45) is 0 Å². The summed E-state index contributed by atoms with van der Waals surface area (Å²) in [5, 5.41) is 9.58. The van der Waals surface area contributed by atoms with Gasteiger partial charge in [-0.15, -0.1) is 0 Å². The molecule has 2 aromatic rings. The summed E-state index contributed by atoms with van der Waals surface area (Å²) in [4.78, 5) is 2.50. The van der Waals surface area contributed by atoms with Crippen LogP contribution >= 0.6 is 0 Å². The van der Waals surface area contributed by atoms with E-state index < -0.39 is 5.82 Å². The largest absolute Gasteiger partial charge is 0.505 e. The van der Waals surface area contributed by atoms with Gasteiger partial charge >= 0.3 is 0 Å². The van der Waals surface area contributed by atoms with Gasteiger partial charge in [0.05, 0.1) is 0 Å². The zero-order valence-electron chi connectivity index (χ0n) is 13.4. The van der Waals surface area contributed by atoms with Crippen molar-refractivity contribution in [3.05, 3.63) is 65.5 Å². The van der Waals surface area contributed by atoms with Crippen molar-refractivity contribution in [2.45, 2.75) is 31.6 Å². The molecule has 1 heterocycles. The molecule has 2 aromatic carbocycles. The van der Waals surface area contributed by atoms with Crippen molar-refractivity contribution < 1.29 is 9.50 Å². The number of aromatic hydroxyl groups is 1. The van der Waals surface area contributed by atoms with Crippen LogP contribution in [0.5, 0.6) is 5.75 Å². The summed E-state index contributed by atoms with van der Waals surface area (Å²) >= 11 is 0. The molecule has 1 aliphatic rings. The van der Waals surface area contributed by atoms with Crippen molar-refractivity contribution in [3.8, 4) is 5.75 Å². The zero-order valence-corrected chi connectivity index (χ0v) is 13.4. The molecule has 0 saturated carbocycles. The Morgan fingerprint density at radius 1 is 1.13 bits per heavy atom. The Kier molecular flexibility index (Phi) is 5.29. The average Bonchev–Trinajstić information content (AvgIpc) is 2.59. The molecule has 3 heteroatoms. The van der Waals surface area contributed by atoms with E-state index >= 15 is 0 Å². The van der Waals surface area contributed by atoms with Crippen LogP contribution in [-0.4, -0.2) is 29.6 Å². The predicted octanol–water partition coefficient (Wildman–Crippen LogP) is 4.34. The van der Waals surface area contributed by atoms with Gasteiger partial charge in [0.2, 0.25) is 0 Å². The minimum atomic E-state index is -0.538. The minimum absolute atomic E-state index is 0.233. The first-order chi connectivity index (χ1) is 11.2. The van der Waals surface area contributed by atoms with Gasteiger partial charge in [0.25, 0.3) is 0 Å². The first-order valence-corrected chi connectivity index (χ1v) is 8.47. The van der Waals surface area contributed by atoms with Crippen LogP contribution in [0.1, 0.15) is 36.3 Å². The second kappa shape index (κ2) is 7.60. The maximum Gasteiger partial charge on any atom is 0.164 e. The van der Waals surface area contributed by atoms with Crippen LogP contribution in [-0.2, 0) is 6.42 Å². The SMILES string of the molecule is Oc1cc(C2CCCN(CCCc3ccccc3)C2)ccc1F. The molecular formula is C20H24FNO. The number of nitrogens with zero attached hydrogens (tertiary/aromatic N) is 1. The second-order valence-corrected chi connectivity index (χ2v) is 6.44. The predicted molar refractivity (Wildman–Crippen MR) is 91.2 cm³/mol. The zero-order chi connectivity index (χ0) is 16.1. The van der Waals surface area contributed by atoms with Crippen LogP contribution < -0.4 is 0 Å². The highest BCUT2D eigenvalue weighted by molar-refractivity contribution is 5.31. The van der Waals surface area contributed by atoms with E-state index in [0.717, 1.165) is 50.9 Å². The summed E-state index contributed by atoms with van der Waals surface area (Å²) in [5.41, 5.74) is 2.45. The van der Waals surface area contributed by atoms with E-state index in [1.807, 2.05) is 6.07 Å². The Bertz CT molecular complexity index is 629. The molecule has 2 nitrogen and oxygen atoms in total. The number of hydrogen-bond donors (Lipinski definition) is 1. The third-order valence-corrected chi connectivity index (χ3v) is 4.73. The second-order valence-electron chi connectivity index (χ2n) is 6.44. The Hall–Kier alpha value is -1.87. The lowest BCUT2D eigenvalue weighted by Crippen LogP contribution is -2.35. The number of phenols is 1. The summed E-state index contributed by atoms with van der Waals surface area (Å²) in [5.74, 6) is -0.375. The average molecular weight is 313 g/mol. The molecule has 0 bridgehead atoms. The van der Waals surface area contributed by atoms with E-state index in [1.165, 1.54) is 11.6 Å². The molecule has 0 aliphatic carbocycles. The number of halogens is 1. The summed E-state index contributed by atoms with van der Waals surface area (Å²) < 4.78 is 13.2. The molecule has 0 spiro atoms. The molecule has 1 aliphatic heterocycles. The van der Waals surface area contributed by atoms with Gasteiger partial charge in [0.15, 0.2) is 11.6 Å². The van der Waals surface area contributed by atoms with Crippen LogP contribution in [0.15, 0.2) is 48.5 Å². The van der Waals surface area contributed by atoms with Gasteiger partial charge in [-0.25, -0.2) is 4.39 Å². The highest BCUT2D eigenvalue weighted by Gasteiger charge is 2.21. The number of rotatable bonds is 5. The van der Waals surface area contributed by atoms with Crippen LogP contribution in [0.2, 0.25) is 0 Å². The van der Waals surface area contributed by atoms with Crippen molar-refractivity contribution >= 4 is 0 Å². The van der Waals surface area contributed by atoms with Crippen LogP contribution in [0.25, 0.3) is 0 Å². The van der Waals surface area contributed by atoms with Gasteiger partial charge in [0.1, 0.15) is 0 Å². The summed E-state index contributed by atoms with van der Waals surface area (Å²) in [7, 11) is 0. The maximum atomic E-state index is 13.2. The lowest BCUT2D eigenvalue weighted by molar-refractivity contribution is 0.205. The Morgan fingerprint density at radius 2 is 1.96 bits per heavy atom. The molecule has 23 heavy (non-hydrogen) atoms. The normalized spacial score (nSPS) is 18.9. The van der Waals surface area contributed by atoms with Gasteiger partial charge in [-0.2, -0.15) is 0 Å². The summed E-state index contributed by atoms with van der Waals surface area (Å²) in [6, 6.07) is 15.4.